The summed E-state index contributed by atoms with van der Waals surface area (Å²) >= 11 is 0. The standard InChI is InChI=1S/C51H67N7O11Si/c1-50(2,3)70(51(4,5)6)66-35-39-42(69-70)43(68-41-26-16-19-31-62-41)44(67-39)58-30-27-40(55-47(59)63-32-36-20-10-7-11-21-36)54-46(58)53-29-18-17-28-52-45(56-48(60)64-33-37-22-12-8-13-23-37)57-49(61)65-34-38-24-14-9-15-25-38/h7-15,20-25,27,30,39,41-44H,16-19,26,28-29,31-35H2,1-6H3,(H,53,54,55,59)(H2,52,56,57,60,61)/t39-,41?,42-,43-,44-/m1/s1. The van der Waals surface area contributed by atoms with Gasteiger partial charge in [-0.1, -0.05) is 133 Å². The smallest absolute Gasteiger partial charge is 0.437 e. The van der Waals surface area contributed by atoms with Crippen molar-refractivity contribution in [2.45, 2.75) is 134 Å². The van der Waals surface area contributed by atoms with Crippen molar-refractivity contribution in [3.05, 3.63) is 126 Å². The van der Waals surface area contributed by atoms with E-state index in [2.05, 4.69) is 62.5 Å². The highest BCUT2D eigenvalue weighted by molar-refractivity contribution is 6.73. The number of carbonyl (C=O) groups is 3. The molecule has 0 spiro atoms. The number of anilines is 1. The minimum absolute atomic E-state index is 0.00161. The molecule has 3 N–H and O–H groups in total. The Bertz CT molecular complexity index is 2410. The summed E-state index contributed by atoms with van der Waals surface area (Å²) in [5.41, 5.74) is 2.68. The molecule has 3 aliphatic heterocycles. The average molecular weight is 982 g/mol. The second kappa shape index (κ2) is 24.2. The van der Waals surface area contributed by atoms with Gasteiger partial charge in [0.05, 0.1) is 6.61 Å². The van der Waals surface area contributed by atoms with Crippen molar-refractivity contribution in [3.8, 4) is 0 Å². The number of unbranched alkanes of at least 4 members (excludes halogenated alkanes) is 1. The van der Waals surface area contributed by atoms with Gasteiger partial charge >= 0.3 is 26.8 Å². The fraction of sp³-hybridized carbons (Fsp3) is 0.490. The Labute approximate surface area is 410 Å². The third kappa shape index (κ3) is 14.1. The molecule has 1 unspecified atom stereocenters. The van der Waals surface area contributed by atoms with Crippen LogP contribution in [0.4, 0.5) is 20.2 Å². The molecule has 3 amide bonds. The molecule has 3 aliphatic rings. The van der Waals surface area contributed by atoms with Gasteiger partial charge in [0.15, 0.2) is 12.5 Å². The van der Waals surface area contributed by atoms with Crippen molar-refractivity contribution in [2.75, 3.05) is 31.6 Å². The molecular weight excluding hydrogens is 915 g/mol. The Morgan fingerprint density at radius 3 is 2.00 bits per heavy atom. The zero-order chi connectivity index (χ0) is 49.6. The van der Waals surface area contributed by atoms with Gasteiger partial charge in [-0.3, -0.25) is 20.2 Å². The van der Waals surface area contributed by atoms with E-state index in [1.807, 2.05) is 95.6 Å². The number of aromatic nitrogens is 2. The Morgan fingerprint density at radius 2 is 1.40 bits per heavy atom. The first-order chi connectivity index (χ1) is 33.7. The van der Waals surface area contributed by atoms with Crippen LogP contribution in [0.3, 0.4) is 0 Å². The van der Waals surface area contributed by atoms with Crippen LogP contribution >= 0.6 is 0 Å². The van der Waals surface area contributed by atoms with E-state index in [9.17, 15) is 14.4 Å². The lowest BCUT2D eigenvalue weighted by Crippen LogP contribution is -2.65. The summed E-state index contributed by atoms with van der Waals surface area (Å²) in [6.07, 6.45) is 0.303. The van der Waals surface area contributed by atoms with Gasteiger partial charge in [-0.2, -0.15) is 4.98 Å². The molecule has 70 heavy (non-hydrogen) atoms. The molecule has 4 aromatic rings. The number of alkyl carbamates (subject to hydrolysis) is 1. The number of carbonyl (C=O) groups excluding carboxylic acids is 3. The summed E-state index contributed by atoms with van der Waals surface area (Å²) < 4.78 is 52.0. The number of hydrogen-bond acceptors (Lipinski definition) is 13. The van der Waals surface area contributed by atoms with Gasteiger partial charge in [-0.15, -0.1) is 4.99 Å². The largest absolute Gasteiger partial charge is 0.444 e. The van der Waals surface area contributed by atoms with Gasteiger partial charge < -0.3 is 42.6 Å². The molecule has 3 fully saturated rings. The number of benzene rings is 3. The number of nitrogens with zero attached hydrogens (tertiary/aromatic N) is 4. The van der Waals surface area contributed by atoms with E-state index in [0.29, 0.717) is 32.6 Å². The van der Waals surface area contributed by atoms with E-state index in [1.165, 1.54) is 0 Å². The topological polar surface area (TPSA) is 204 Å². The summed E-state index contributed by atoms with van der Waals surface area (Å²) in [7, 11) is -2.96. The second-order valence-corrected chi connectivity index (χ2v) is 24.1. The summed E-state index contributed by atoms with van der Waals surface area (Å²) in [6, 6.07) is 29.5. The zero-order valence-corrected chi connectivity index (χ0v) is 42.0. The molecular formula is C51H67N7O11Si. The van der Waals surface area contributed by atoms with Crippen LogP contribution in [0, 0.1) is 0 Å². The monoisotopic (exact) mass is 981 g/mol. The van der Waals surface area contributed by atoms with Gasteiger partial charge in [0.2, 0.25) is 11.6 Å². The fourth-order valence-corrected chi connectivity index (χ4v) is 13.7. The lowest BCUT2D eigenvalue weighted by molar-refractivity contribution is -0.216. The van der Waals surface area contributed by atoms with Crippen LogP contribution in [0.15, 0.2) is 113 Å². The number of guanidine groups is 1. The molecule has 0 radical (unpaired) electrons. The van der Waals surface area contributed by atoms with Crippen molar-refractivity contribution < 1.29 is 51.7 Å². The number of aliphatic imine (C=N–C) groups is 1. The summed E-state index contributed by atoms with van der Waals surface area (Å²) in [4.78, 5) is 52.5. The van der Waals surface area contributed by atoms with Crippen molar-refractivity contribution >= 4 is 38.6 Å². The minimum Gasteiger partial charge on any atom is -0.444 e. The van der Waals surface area contributed by atoms with Crippen LogP contribution in [-0.4, -0.2) is 93.3 Å². The highest BCUT2D eigenvalue weighted by atomic mass is 28.4. The minimum atomic E-state index is -2.96. The van der Waals surface area contributed by atoms with E-state index >= 15 is 0 Å². The fourth-order valence-electron chi connectivity index (χ4n) is 8.79. The predicted molar refractivity (Wildman–Crippen MR) is 262 cm³/mol. The molecule has 1 aromatic heterocycles. The summed E-state index contributed by atoms with van der Waals surface area (Å²) in [5, 5.41) is 7.74. The van der Waals surface area contributed by atoms with Gasteiger partial charge in [-0.05, 0) is 54.9 Å². The maximum Gasteiger partial charge on any atom is 0.437 e. The van der Waals surface area contributed by atoms with Crippen LogP contribution in [-0.2, 0) is 57.1 Å². The number of rotatable bonds is 15. The van der Waals surface area contributed by atoms with Gasteiger partial charge in [0, 0.05) is 36.0 Å². The Hall–Kier alpha value is -5.96. The lowest BCUT2D eigenvalue weighted by Gasteiger charge is -2.53. The Morgan fingerprint density at radius 1 is 0.786 bits per heavy atom. The summed E-state index contributed by atoms with van der Waals surface area (Å²) in [5.74, 6) is 0.0875. The highest BCUT2D eigenvalue weighted by Crippen LogP contribution is 2.56. The average Bonchev–Trinajstić information content (AvgIpc) is 3.70. The normalized spacial score (nSPS) is 21.5. The second-order valence-electron chi connectivity index (χ2n) is 19.4. The number of hydrogen-bond donors (Lipinski definition) is 3. The molecule has 0 aliphatic carbocycles. The van der Waals surface area contributed by atoms with Gasteiger partial charge in [0.1, 0.15) is 44.0 Å². The van der Waals surface area contributed by atoms with Crippen molar-refractivity contribution in [1.29, 1.82) is 0 Å². The van der Waals surface area contributed by atoms with Crippen molar-refractivity contribution in [2.24, 2.45) is 9.98 Å². The SMILES string of the molecule is CC(C)(C)[Si]1(C(C)(C)C)OC[C@H]2O[C@@H](n3ccc(NC(=O)OCc4ccccc4)n/c3=N\CCCCN/C(=N/C(=O)OCc3ccccc3)NC(=O)OCc3ccccc3)[C@H](OC3CCCCO3)[C@@H]2O1. The molecule has 7 rings (SSSR count). The molecule has 0 bridgehead atoms. The van der Waals surface area contributed by atoms with Crippen LogP contribution in [0.1, 0.15) is 96.6 Å². The van der Waals surface area contributed by atoms with Gasteiger partial charge in [0.25, 0.3) is 0 Å². The van der Waals surface area contributed by atoms with Crippen LogP contribution in [0.5, 0.6) is 0 Å². The van der Waals surface area contributed by atoms with Crippen LogP contribution in [0.2, 0.25) is 10.1 Å². The number of nitrogens with one attached hydrogen (secondary N) is 3. The van der Waals surface area contributed by atoms with E-state index in [4.69, 9.17) is 47.2 Å². The molecule has 0 saturated carbocycles. The molecule has 19 heteroatoms. The van der Waals surface area contributed by atoms with Crippen molar-refractivity contribution in [3.63, 3.8) is 0 Å². The predicted octanol–water partition coefficient (Wildman–Crippen LogP) is 8.79. The molecule has 3 aromatic carbocycles. The molecule has 18 nitrogen and oxygen atoms in total. The maximum atomic E-state index is 13.1. The first kappa shape index (κ1) is 51.9. The summed E-state index contributed by atoms with van der Waals surface area (Å²) in [6.45, 7) is 14.6. The highest BCUT2D eigenvalue weighted by Gasteiger charge is 2.65. The first-order valence-electron chi connectivity index (χ1n) is 24.0. The van der Waals surface area contributed by atoms with E-state index in [1.54, 1.807) is 12.3 Å². The van der Waals surface area contributed by atoms with Crippen molar-refractivity contribution in [1.82, 2.24) is 20.2 Å². The number of ether oxygens (including phenoxy) is 6. The molecule has 4 heterocycles. The van der Waals surface area contributed by atoms with Gasteiger partial charge in [-0.25, -0.2) is 14.4 Å². The van der Waals surface area contributed by atoms with E-state index < -0.39 is 57.7 Å². The number of fused-ring (bicyclic) bond motifs is 1. The quantitative estimate of drug-likeness (QED) is 0.0336. The number of amides is 3. The third-order valence-electron chi connectivity index (χ3n) is 12.0. The zero-order valence-electron chi connectivity index (χ0n) is 41.0. The maximum absolute atomic E-state index is 13.1. The van der Waals surface area contributed by atoms with E-state index in [-0.39, 0.29) is 53.8 Å². The Balaban J connectivity index is 1.09. The lowest BCUT2D eigenvalue weighted by atomic mass is 10.1. The molecule has 376 valence electrons. The Kier molecular flexibility index (Phi) is 18.0. The van der Waals surface area contributed by atoms with E-state index in [0.717, 1.165) is 36.0 Å². The van der Waals surface area contributed by atoms with Crippen LogP contribution in [0.25, 0.3) is 0 Å². The molecule has 3 saturated heterocycles. The van der Waals surface area contributed by atoms with Crippen LogP contribution < -0.4 is 21.6 Å². The molecule has 5 atom stereocenters. The first-order valence-corrected chi connectivity index (χ1v) is 25.8. The third-order valence-corrected chi connectivity index (χ3v) is 17.1.